The summed E-state index contributed by atoms with van der Waals surface area (Å²) in [5.74, 6) is 0.778. The average Bonchev–Trinajstić information content (AvgIpc) is 2.37. The predicted molar refractivity (Wildman–Crippen MR) is 88.6 cm³/mol. The third kappa shape index (κ3) is 6.82. The predicted octanol–water partition coefficient (Wildman–Crippen LogP) is 2.93. The van der Waals surface area contributed by atoms with E-state index in [2.05, 4.69) is 19.2 Å². The summed E-state index contributed by atoms with van der Waals surface area (Å²) in [7, 11) is -3.69. The van der Waals surface area contributed by atoms with Crippen LogP contribution < -0.4 is 16.2 Å². The molecule has 0 aromatic heterocycles. The highest BCUT2D eigenvalue weighted by molar-refractivity contribution is 7.89. The summed E-state index contributed by atoms with van der Waals surface area (Å²) in [6.07, 6.45) is 6.08. The van der Waals surface area contributed by atoms with Crippen molar-refractivity contribution in [2.75, 3.05) is 17.6 Å². The van der Waals surface area contributed by atoms with Crippen LogP contribution in [-0.4, -0.2) is 15.0 Å². The molecule has 0 amide bonds. The minimum Gasteiger partial charge on any atom is -0.397 e. The molecule has 21 heavy (non-hydrogen) atoms. The fourth-order valence-corrected chi connectivity index (χ4v) is 2.68. The van der Waals surface area contributed by atoms with E-state index in [9.17, 15) is 8.42 Å². The molecule has 0 heterocycles. The second kappa shape index (κ2) is 8.24. The molecule has 1 aromatic carbocycles. The van der Waals surface area contributed by atoms with Gasteiger partial charge in [0.1, 0.15) is 0 Å². The molecule has 0 radical (unpaired) electrons. The number of nitrogens with one attached hydrogen (secondary N) is 1. The van der Waals surface area contributed by atoms with Crippen molar-refractivity contribution >= 4 is 21.4 Å². The van der Waals surface area contributed by atoms with Crippen LogP contribution in [0.25, 0.3) is 0 Å². The first-order valence-electron chi connectivity index (χ1n) is 7.47. The monoisotopic (exact) mass is 313 g/mol. The molecule has 0 aliphatic rings. The topological polar surface area (TPSA) is 98.2 Å². The van der Waals surface area contributed by atoms with Crippen LogP contribution in [0.4, 0.5) is 11.4 Å². The number of benzene rings is 1. The minimum absolute atomic E-state index is 0.0410. The number of nitrogen functional groups attached to an aromatic ring is 1. The summed E-state index contributed by atoms with van der Waals surface area (Å²) in [6, 6.07) is 4.52. The zero-order valence-electron chi connectivity index (χ0n) is 12.9. The van der Waals surface area contributed by atoms with Gasteiger partial charge in [-0.3, -0.25) is 0 Å². The van der Waals surface area contributed by atoms with Crippen LogP contribution in [0.5, 0.6) is 0 Å². The molecule has 0 fully saturated rings. The highest BCUT2D eigenvalue weighted by Crippen LogP contribution is 2.22. The van der Waals surface area contributed by atoms with Crippen LogP contribution in [0.1, 0.15) is 46.0 Å². The van der Waals surface area contributed by atoms with E-state index in [1.165, 1.54) is 37.8 Å². The Labute approximate surface area is 128 Å². The lowest BCUT2D eigenvalue weighted by molar-refractivity contribution is 0.523. The normalized spacial score (nSPS) is 11.8. The molecule has 120 valence electrons. The molecular weight excluding hydrogens is 286 g/mol. The standard InChI is InChI=1S/C15H27N3O2S/c1-12(2)7-5-3-4-6-10-18-15-9-8-13(11-14(15)16)21(17,19)20/h8-9,11-12,18H,3-7,10,16H2,1-2H3,(H2,17,19,20). The number of primary sulfonamides is 1. The van der Waals surface area contributed by atoms with Gasteiger partial charge < -0.3 is 11.1 Å². The fraction of sp³-hybridized carbons (Fsp3) is 0.600. The van der Waals surface area contributed by atoms with E-state index in [0.29, 0.717) is 5.69 Å². The molecule has 0 aliphatic carbocycles. The minimum atomic E-state index is -3.69. The van der Waals surface area contributed by atoms with Crippen molar-refractivity contribution in [2.45, 2.75) is 50.8 Å². The summed E-state index contributed by atoms with van der Waals surface area (Å²) in [5, 5.41) is 8.29. The van der Waals surface area contributed by atoms with E-state index in [0.717, 1.165) is 24.6 Å². The molecule has 0 unspecified atom stereocenters. The van der Waals surface area contributed by atoms with Crippen molar-refractivity contribution in [2.24, 2.45) is 11.1 Å². The maximum atomic E-state index is 11.2. The molecule has 6 heteroatoms. The van der Waals surface area contributed by atoms with E-state index in [-0.39, 0.29) is 4.90 Å². The van der Waals surface area contributed by atoms with Crippen molar-refractivity contribution in [3.05, 3.63) is 18.2 Å². The summed E-state index contributed by atoms with van der Waals surface area (Å²) in [5.41, 5.74) is 6.99. The maximum absolute atomic E-state index is 11.2. The van der Waals surface area contributed by atoms with Gasteiger partial charge in [-0.2, -0.15) is 0 Å². The Morgan fingerprint density at radius 3 is 2.38 bits per heavy atom. The van der Waals surface area contributed by atoms with Crippen LogP contribution in [0.2, 0.25) is 0 Å². The highest BCUT2D eigenvalue weighted by atomic mass is 32.2. The Hall–Kier alpha value is -1.27. The van der Waals surface area contributed by atoms with Crippen LogP contribution >= 0.6 is 0 Å². The van der Waals surface area contributed by atoms with Crippen LogP contribution in [0.3, 0.4) is 0 Å². The zero-order chi connectivity index (χ0) is 15.9. The number of nitrogens with two attached hydrogens (primary N) is 2. The van der Waals surface area contributed by atoms with Gasteiger partial charge in [-0.1, -0.05) is 39.5 Å². The fourth-order valence-electron chi connectivity index (χ4n) is 2.13. The van der Waals surface area contributed by atoms with E-state index >= 15 is 0 Å². The largest absolute Gasteiger partial charge is 0.397 e. The van der Waals surface area contributed by atoms with Gasteiger partial charge in [0, 0.05) is 6.54 Å². The van der Waals surface area contributed by atoms with Crippen molar-refractivity contribution < 1.29 is 8.42 Å². The number of sulfonamides is 1. The SMILES string of the molecule is CC(C)CCCCCCNc1ccc(S(N)(=O)=O)cc1N. The average molecular weight is 313 g/mol. The third-order valence-corrected chi connectivity index (χ3v) is 4.29. The molecule has 5 nitrogen and oxygen atoms in total. The molecule has 5 N–H and O–H groups in total. The Kier molecular flexibility index (Phi) is 6.98. The Bertz CT molecular complexity index is 542. The first kappa shape index (κ1) is 17.8. The molecular formula is C15H27N3O2S. The van der Waals surface area contributed by atoms with Gasteiger partial charge in [0.2, 0.25) is 10.0 Å². The van der Waals surface area contributed by atoms with Crippen molar-refractivity contribution in [1.82, 2.24) is 0 Å². The molecule has 0 saturated carbocycles. The molecule has 0 spiro atoms. The number of hydrogen-bond donors (Lipinski definition) is 3. The lowest BCUT2D eigenvalue weighted by atomic mass is 10.0. The Morgan fingerprint density at radius 1 is 1.14 bits per heavy atom. The first-order chi connectivity index (χ1) is 9.80. The lowest BCUT2D eigenvalue weighted by Gasteiger charge is -2.10. The number of anilines is 2. The smallest absolute Gasteiger partial charge is 0.238 e. The van der Waals surface area contributed by atoms with Gasteiger partial charge in [-0.15, -0.1) is 0 Å². The Balaban J connectivity index is 2.33. The van der Waals surface area contributed by atoms with E-state index in [1.807, 2.05) is 0 Å². The summed E-state index contributed by atoms with van der Waals surface area (Å²) < 4.78 is 22.4. The van der Waals surface area contributed by atoms with Crippen molar-refractivity contribution in [3.8, 4) is 0 Å². The quantitative estimate of drug-likeness (QED) is 0.482. The van der Waals surface area contributed by atoms with Gasteiger partial charge >= 0.3 is 0 Å². The van der Waals surface area contributed by atoms with E-state index in [1.54, 1.807) is 6.07 Å². The van der Waals surface area contributed by atoms with Crippen LogP contribution in [0, 0.1) is 5.92 Å². The molecule has 1 aromatic rings. The third-order valence-electron chi connectivity index (χ3n) is 3.38. The highest BCUT2D eigenvalue weighted by Gasteiger charge is 2.09. The van der Waals surface area contributed by atoms with Gasteiger partial charge in [0.15, 0.2) is 0 Å². The lowest BCUT2D eigenvalue weighted by Crippen LogP contribution is -2.13. The molecule has 0 atom stereocenters. The first-order valence-corrected chi connectivity index (χ1v) is 9.01. The summed E-state index contributed by atoms with van der Waals surface area (Å²) >= 11 is 0. The number of unbranched alkanes of at least 4 members (excludes halogenated alkanes) is 3. The van der Waals surface area contributed by atoms with Gasteiger partial charge in [0.05, 0.1) is 16.3 Å². The van der Waals surface area contributed by atoms with Gasteiger partial charge in [0.25, 0.3) is 0 Å². The van der Waals surface area contributed by atoms with Crippen LogP contribution in [-0.2, 0) is 10.0 Å². The molecule has 0 bridgehead atoms. The number of rotatable bonds is 9. The van der Waals surface area contributed by atoms with Crippen LogP contribution in [0.15, 0.2) is 23.1 Å². The summed E-state index contributed by atoms with van der Waals surface area (Å²) in [6.45, 7) is 5.33. The van der Waals surface area contributed by atoms with Crippen molar-refractivity contribution in [1.29, 1.82) is 0 Å². The Morgan fingerprint density at radius 2 is 1.81 bits per heavy atom. The van der Waals surface area contributed by atoms with E-state index in [4.69, 9.17) is 10.9 Å². The summed E-state index contributed by atoms with van der Waals surface area (Å²) in [4.78, 5) is 0.0410. The van der Waals surface area contributed by atoms with Crippen molar-refractivity contribution in [3.63, 3.8) is 0 Å². The molecule has 1 rings (SSSR count). The molecule has 0 saturated heterocycles. The van der Waals surface area contributed by atoms with Gasteiger partial charge in [-0.05, 0) is 30.5 Å². The second-order valence-electron chi connectivity index (χ2n) is 5.82. The zero-order valence-corrected chi connectivity index (χ0v) is 13.7. The maximum Gasteiger partial charge on any atom is 0.238 e. The molecule has 0 aliphatic heterocycles. The number of hydrogen-bond acceptors (Lipinski definition) is 4. The van der Waals surface area contributed by atoms with Gasteiger partial charge in [-0.25, -0.2) is 13.6 Å². The van der Waals surface area contributed by atoms with E-state index < -0.39 is 10.0 Å². The second-order valence-corrected chi connectivity index (χ2v) is 7.38.